The van der Waals surface area contributed by atoms with Crippen molar-refractivity contribution in [3.63, 3.8) is 0 Å². The molecular weight excluding hydrogens is 384 g/mol. The highest BCUT2D eigenvalue weighted by Gasteiger charge is 2.33. The first-order valence-corrected chi connectivity index (χ1v) is 10.8. The van der Waals surface area contributed by atoms with E-state index in [1.165, 1.54) is 27.8 Å². The molecule has 0 spiro atoms. The molecule has 1 fully saturated rings. The van der Waals surface area contributed by atoms with Crippen molar-refractivity contribution < 1.29 is 9.52 Å². The molecule has 3 atom stereocenters. The third kappa shape index (κ3) is 3.34. The molecule has 0 aliphatic carbocycles. The van der Waals surface area contributed by atoms with Gasteiger partial charge in [0.05, 0.1) is 17.2 Å². The first-order chi connectivity index (χ1) is 14.1. The Bertz CT molecular complexity index is 1090. The molecule has 0 bridgehead atoms. The molecule has 6 nitrogen and oxygen atoms in total. The fourth-order valence-electron chi connectivity index (χ4n) is 4.52. The van der Waals surface area contributed by atoms with Crippen molar-refractivity contribution in [2.45, 2.75) is 26.3 Å². The highest BCUT2D eigenvalue weighted by atomic mass is 32.1. The highest BCUT2D eigenvalue weighted by Crippen LogP contribution is 2.42. The molecule has 1 saturated heterocycles. The molecule has 150 valence electrons. The lowest BCUT2D eigenvalue weighted by atomic mass is 9.89. The summed E-state index contributed by atoms with van der Waals surface area (Å²) in [5, 5.41) is 15.6. The van der Waals surface area contributed by atoms with Gasteiger partial charge in [0.1, 0.15) is 0 Å². The van der Waals surface area contributed by atoms with E-state index in [0.29, 0.717) is 28.4 Å². The van der Waals surface area contributed by atoms with Crippen molar-refractivity contribution in [1.29, 1.82) is 0 Å². The predicted octanol–water partition coefficient (Wildman–Crippen LogP) is 4.82. The van der Waals surface area contributed by atoms with Gasteiger partial charge in [0.15, 0.2) is 5.76 Å². The van der Waals surface area contributed by atoms with Crippen LogP contribution in [0.5, 0.6) is 5.88 Å². The maximum atomic E-state index is 11.1. The second-order valence-electron chi connectivity index (χ2n) is 8.11. The van der Waals surface area contributed by atoms with Crippen LogP contribution in [0.25, 0.3) is 16.5 Å². The van der Waals surface area contributed by atoms with Crippen LogP contribution < -0.4 is 0 Å². The topological polar surface area (TPSA) is 66.8 Å². The third-order valence-electron chi connectivity index (χ3n) is 5.57. The van der Waals surface area contributed by atoms with Gasteiger partial charge in [-0.3, -0.25) is 4.90 Å². The minimum Gasteiger partial charge on any atom is -0.492 e. The molecule has 3 aromatic heterocycles. The maximum Gasteiger partial charge on any atom is 0.230 e. The fraction of sp³-hybridized carbons (Fsp3) is 0.364. The van der Waals surface area contributed by atoms with Gasteiger partial charge >= 0.3 is 0 Å². The van der Waals surface area contributed by atoms with E-state index < -0.39 is 0 Å². The summed E-state index contributed by atoms with van der Waals surface area (Å²) in [6.45, 7) is 6.63. The van der Waals surface area contributed by atoms with Crippen LogP contribution in [0.3, 0.4) is 0 Å². The molecule has 0 saturated carbocycles. The summed E-state index contributed by atoms with van der Waals surface area (Å²) in [4.78, 5) is 8.64. The number of furan rings is 1. The Morgan fingerprint density at radius 3 is 2.52 bits per heavy atom. The molecule has 4 aromatic rings. The number of aromatic hydroxyl groups is 1. The minimum absolute atomic E-state index is 0.0121. The van der Waals surface area contributed by atoms with Crippen molar-refractivity contribution in [3.8, 4) is 17.5 Å². The van der Waals surface area contributed by atoms with Crippen molar-refractivity contribution in [2.24, 2.45) is 11.8 Å². The zero-order valence-corrected chi connectivity index (χ0v) is 17.3. The molecule has 1 aliphatic rings. The Kier molecular flexibility index (Phi) is 4.64. The van der Waals surface area contributed by atoms with Crippen LogP contribution in [0.4, 0.5) is 0 Å². The first-order valence-electron chi connectivity index (χ1n) is 10.0. The van der Waals surface area contributed by atoms with Crippen LogP contribution in [-0.4, -0.2) is 37.7 Å². The Hall–Kier alpha value is -2.64. The number of hydrogen-bond donors (Lipinski definition) is 1. The molecule has 1 aliphatic heterocycles. The van der Waals surface area contributed by atoms with Crippen LogP contribution in [0.15, 0.2) is 53.1 Å². The monoisotopic (exact) mass is 408 g/mol. The standard InChI is InChI=1S/C22H24N4O2S/c1-14-11-15(2)13-25(12-14)18(16-7-4-3-5-8-16)19-21(27)26-22(29-19)23-20(24-26)17-9-6-10-28-17/h3-10,14-15,18,27H,11-13H2,1-2H3/t14-,15-,18+/m1/s1. The van der Waals surface area contributed by atoms with Gasteiger partial charge < -0.3 is 9.52 Å². The van der Waals surface area contributed by atoms with Crippen LogP contribution in [0, 0.1) is 11.8 Å². The van der Waals surface area contributed by atoms with Crippen molar-refractivity contribution >= 4 is 16.3 Å². The zero-order chi connectivity index (χ0) is 20.0. The Morgan fingerprint density at radius 2 is 1.86 bits per heavy atom. The number of likely N-dealkylation sites (tertiary alicyclic amines) is 1. The lowest BCUT2D eigenvalue weighted by Gasteiger charge is -2.40. The quantitative estimate of drug-likeness (QED) is 0.524. The molecule has 0 radical (unpaired) electrons. The number of nitrogens with zero attached hydrogens (tertiary/aromatic N) is 4. The van der Waals surface area contributed by atoms with Crippen molar-refractivity contribution in [1.82, 2.24) is 19.5 Å². The molecule has 29 heavy (non-hydrogen) atoms. The lowest BCUT2D eigenvalue weighted by Crippen LogP contribution is -2.41. The number of fused-ring (bicyclic) bond motifs is 1. The van der Waals surface area contributed by atoms with E-state index in [9.17, 15) is 5.11 Å². The zero-order valence-electron chi connectivity index (χ0n) is 16.5. The van der Waals surface area contributed by atoms with Gasteiger partial charge in [-0.25, -0.2) is 0 Å². The van der Waals surface area contributed by atoms with Crippen LogP contribution >= 0.6 is 11.3 Å². The van der Waals surface area contributed by atoms with Crippen LogP contribution in [0.2, 0.25) is 0 Å². The van der Waals surface area contributed by atoms with E-state index in [4.69, 9.17) is 4.42 Å². The minimum atomic E-state index is -0.0121. The lowest BCUT2D eigenvalue weighted by molar-refractivity contribution is 0.112. The van der Waals surface area contributed by atoms with Gasteiger partial charge in [-0.15, -0.1) is 5.10 Å². The second kappa shape index (κ2) is 7.31. The second-order valence-corrected chi connectivity index (χ2v) is 9.12. The molecule has 4 heterocycles. The summed E-state index contributed by atoms with van der Waals surface area (Å²) in [6.07, 6.45) is 2.84. The summed E-state index contributed by atoms with van der Waals surface area (Å²) < 4.78 is 6.93. The van der Waals surface area contributed by atoms with Gasteiger partial charge in [-0.1, -0.05) is 55.5 Å². The Morgan fingerprint density at radius 1 is 1.10 bits per heavy atom. The van der Waals surface area contributed by atoms with E-state index in [1.54, 1.807) is 12.3 Å². The van der Waals surface area contributed by atoms with Crippen LogP contribution in [0.1, 0.15) is 36.8 Å². The number of aromatic nitrogens is 3. The molecule has 1 aromatic carbocycles. The van der Waals surface area contributed by atoms with Crippen LogP contribution in [-0.2, 0) is 0 Å². The summed E-state index contributed by atoms with van der Waals surface area (Å²) in [7, 11) is 0. The summed E-state index contributed by atoms with van der Waals surface area (Å²) in [5.74, 6) is 2.49. The molecule has 0 amide bonds. The number of thiazole rings is 1. The highest BCUT2D eigenvalue weighted by molar-refractivity contribution is 7.17. The molecule has 5 rings (SSSR count). The normalized spacial score (nSPS) is 21.6. The third-order valence-corrected chi connectivity index (χ3v) is 6.64. The van der Waals surface area contributed by atoms with E-state index in [1.807, 2.05) is 12.1 Å². The number of piperidine rings is 1. The van der Waals surface area contributed by atoms with E-state index >= 15 is 0 Å². The Labute approximate surface area is 173 Å². The van der Waals surface area contributed by atoms with Gasteiger partial charge in [0.2, 0.25) is 16.7 Å². The number of hydrogen-bond acceptors (Lipinski definition) is 6. The summed E-state index contributed by atoms with van der Waals surface area (Å²) >= 11 is 1.50. The van der Waals surface area contributed by atoms with Crippen molar-refractivity contribution in [2.75, 3.05) is 13.1 Å². The van der Waals surface area contributed by atoms with Gasteiger partial charge in [-0.05, 0) is 36.0 Å². The molecule has 0 unspecified atom stereocenters. The first kappa shape index (κ1) is 18.4. The SMILES string of the molecule is C[C@@H]1C[C@@H](C)CN([C@@H](c2ccccc2)c2sc3nc(-c4ccco4)nn3c2O)C1. The smallest absolute Gasteiger partial charge is 0.230 e. The average Bonchev–Trinajstić information content (AvgIpc) is 3.41. The van der Waals surface area contributed by atoms with Gasteiger partial charge in [0, 0.05) is 13.1 Å². The molecular formula is C22H24N4O2S. The summed E-state index contributed by atoms with van der Waals surface area (Å²) in [5.41, 5.74) is 1.18. The maximum absolute atomic E-state index is 11.1. The summed E-state index contributed by atoms with van der Waals surface area (Å²) in [6, 6.07) is 14.0. The van der Waals surface area contributed by atoms with Gasteiger partial charge in [-0.2, -0.15) is 9.50 Å². The van der Waals surface area contributed by atoms with E-state index in [-0.39, 0.29) is 11.9 Å². The largest absolute Gasteiger partial charge is 0.492 e. The number of rotatable bonds is 4. The molecule has 1 N–H and O–H groups in total. The number of benzene rings is 1. The average molecular weight is 409 g/mol. The van der Waals surface area contributed by atoms with E-state index in [2.05, 4.69) is 53.1 Å². The van der Waals surface area contributed by atoms with Gasteiger partial charge in [0.25, 0.3) is 0 Å². The van der Waals surface area contributed by atoms with Crippen molar-refractivity contribution in [3.05, 3.63) is 59.2 Å². The fourth-order valence-corrected chi connectivity index (χ4v) is 5.64. The molecule has 7 heteroatoms. The Balaban J connectivity index is 1.59. The predicted molar refractivity (Wildman–Crippen MR) is 113 cm³/mol. The van der Waals surface area contributed by atoms with E-state index in [0.717, 1.165) is 18.0 Å².